The molecule has 0 fully saturated rings. The highest BCUT2D eigenvalue weighted by atomic mass is 15.0. The van der Waals surface area contributed by atoms with Crippen molar-refractivity contribution in [1.29, 1.82) is 26.3 Å². The van der Waals surface area contributed by atoms with Crippen molar-refractivity contribution in [2.24, 2.45) is 0 Å². The Kier molecular flexibility index (Phi) is 7.96. The standard InChI is InChI=1S/C46H23N7/c47-24-29-12-14-36(33(20-29)26-49)38-8-4-10-40-41-11-5-9-39(37-15-13-30(25-48)21-34(37)27-50)46(41)53(45(38)40)44-23-42(32-16-18-52-19-17-32)35(28-51)22-43(44)31-6-2-1-3-7-31/h1-23H. The van der Waals surface area contributed by atoms with Gasteiger partial charge in [0.15, 0.2) is 0 Å². The Morgan fingerprint density at radius 2 is 0.906 bits per heavy atom. The lowest BCUT2D eigenvalue weighted by Crippen LogP contribution is -2.02. The number of hydrogen-bond acceptors (Lipinski definition) is 6. The summed E-state index contributed by atoms with van der Waals surface area (Å²) < 4.78 is 2.17. The van der Waals surface area contributed by atoms with E-state index in [0.29, 0.717) is 44.5 Å². The van der Waals surface area contributed by atoms with Gasteiger partial charge in [-0.2, -0.15) is 26.3 Å². The predicted octanol–water partition coefficient (Wildman–Crippen LogP) is 10.2. The van der Waals surface area contributed by atoms with Crippen molar-refractivity contribution in [3.8, 4) is 80.5 Å². The summed E-state index contributed by atoms with van der Waals surface area (Å²) >= 11 is 0. The van der Waals surface area contributed by atoms with Crippen LogP contribution in [0.2, 0.25) is 0 Å². The minimum absolute atomic E-state index is 0.355. The zero-order valence-electron chi connectivity index (χ0n) is 27.9. The van der Waals surface area contributed by atoms with Gasteiger partial charge < -0.3 is 4.57 Å². The van der Waals surface area contributed by atoms with Crippen LogP contribution in [-0.2, 0) is 0 Å². The van der Waals surface area contributed by atoms with Gasteiger partial charge in [-0.15, -0.1) is 0 Å². The average molecular weight is 674 g/mol. The molecule has 0 unspecified atom stereocenters. The largest absolute Gasteiger partial charge is 0.307 e. The van der Waals surface area contributed by atoms with Crippen LogP contribution in [0.1, 0.15) is 27.8 Å². The monoisotopic (exact) mass is 673 g/mol. The van der Waals surface area contributed by atoms with Crippen LogP contribution in [0.5, 0.6) is 0 Å². The highest BCUT2D eigenvalue weighted by Crippen LogP contribution is 2.46. The molecule has 242 valence electrons. The van der Waals surface area contributed by atoms with Crippen LogP contribution in [-0.4, -0.2) is 9.55 Å². The van der Waals surface area contributed by atoms with Crippen LogP contribution < -0.4 is 0 Å². The molecule has 0 N–H and O–H groups in total. The van der Waals surface area contributed by atoms with Crippen LogP contribution in [0.4, 0.5) is 0 Å². The maximum Gasteiger partial charge on any atom is 0.0998 e. The molecule has 0 amide bonds. The Morgan fingerprint density at radius 1 is 0.396 bits per heavy atom. The molecule has 0 radical (unpaired) electrons. The van der Waals surface area contributed by atoms with Crippen molar-refractivity contribution in [1.82, 2.24) is 9.55 Å². The van der Waals surface area contributed by atoms with Crippen molar-refractivity contribution < 1.29 is 0 Å². The molecular weight excluding hydrogens is 651 g/mol. The normalized spacial score (nSPS) is 10.5. The molecule has 0 saturated carbocycles. The number of pyridine rings is 1. The molecule has 7 nitrogen and oxygen atoms in total. The first-order valence-electron chi connectivity index (χ1n) is 16.6. The second-order valence-electron chi connectivity index (χ2n) is 12.3. The van der Waals surface area contributed by atoms with Crippen LogP contribution >= 0.6 is 0 Å². The predicted molar refractivity (Wildman–Crippen MR) is 204 cm³/mol. The van der Waals surface area contributed by atoms with Crippen molar-refractivity contribution >= 4 is 21.8 Å². The smallest absolute Gasteiger partial charge is 0.0998 e. The number of nitrogens with zero attached hydrogens (tertiary/aromatic N) is 7. The molecule has 8 aromatic rings. The zero-order valence-corrected chi connectivity index (χ0v) is 27.9. The van der Waals surface area contributed by atoms with Gasteiger partial charge in [0, 0.05) is 56.5 Å². The number of rotatable bonds is 5. The van der Waals surface area contributed by atoms with Gasteiger partial charge in [-0.3, -0.25) is 4.98 Å². The molecule has 0 saturated heterocycles. The molecule has 0 aliphatic rings. The van der Waals surface area contributed by atoms with E-state index >= 15 is 0 Å². The van der Waals surface area contributed by atoms with Crippen molar-refractivity contribution in [2.75, 3.05) is 0 Å². The van der Waals surface area contributed by atoms with Gasteiger partial charge in [-0.25, -0.2) is 0 Å². The fraction of sp³-hybridized carbons (Fsp3) is 0. The lowest BCUT2D eigenvalue weighted by Gasteiger charge is -2.20. The van der Waals surface area contributed by atoms with Gasteiger partial charge in [0.2, 0.25) is 0 Å². The van der Waals surface area contributed by atoms with Gasteiger partial charge in [0.25, 0.3) is 0 Å². The lowest BCUT2D eigenvalue weighted by molar-refractivity contribution is 1.18. The molecule has 2 heterocycles. The summed E-state index contributed by atoms with van der Waals surface area (Å²) in [5.41, 5.74) is 10.4. The quantitative estimate of drug-likeness (QED) is 0.178. The Hall–Kier alpha value is -8.28. The van der Waals surface area contributed by atoms with E-state index in [1.807, 2.05) is 103 Å². The molecule has 8 rings (SSSR count). The Bertz CT molecular complexity index is 2860. The van der Waals surface area contributed by atoms with Gasteiger partial charge >= 0.3 is 0 Å². The molecule has 0 aliphatic heterocycles. The minimum Gasteiger partial charge on any atom is -0.307 e. The topological polar surface area (TPSA) is 137 Å². The summed E-state index contributed by atoms with van der Waals surface area (Å²) in [6, 6.07) is 51.0. The first-order valence-corrected chi connectivity index (χ1v) is 16.6. The van der Waals surface area contributed by atoms with Gasteiger partial charge in [0.05, 0.1) is 74.9 Å². The fourth-order valence-electron chi connectivity index (χ4n) is 7.16. The third-order valence-corrected chi connectivity index (χ3v) is 9.50. The highest BCUT2D eigenvalue weighted by molar-refractivity contribution is 6.18. The molecule has 0 spiro atoms. The van der Waals surface area contributed by atoms with Crippen LogP contribution in [0.15, 0.2) is 140 Å². The molecule has 0 bridgehead atoms. The Labute approximate surface area is 305 Å². The second-order valence-corrected chi connectivity index (χ2v) is 12.3. The summed E-state index contributed by atoms with van der Waals surface area (Å²) in [5.74, 6) is 0. The van der Waals surface area contributed by atoms with E-state index in [4.69, 9.17) is 0 Å². The maximum absolute atomic E-state index is 10.5. The van der Waals surface area contributed by atoms with E-state index in [1.54, 1.807) is 36.7 Å². The zero-order chi connectivity index (χ0) is 36.5. The van der Waals surface area contributed by atoms with Crippen LogP contribution in [0, 0.1) is 56.7 Å². The summed E-state index contributed by atoms with van der Waals surface area (Å²) in [5, 5.41) is 52.3. The van der Waals surface area contributed by atoms with E-state index in [1.165, 1.54) is 0 Å². The van der Waals surface area contributed by atoms with E-state index in [2.05, 4.69) is 39.9 Å². The number of benzene rings is 6. The highest BCUT2D eigenvalue weighted by Gasteiger charge is 2.25. The molecule has 6 aromatic carbocycles. The van der Waals surface area contributed by atoms with Crippen molar-refractivity contribution in [3.63, 3.8) is 0 Å². The molecule has 0 aliphatic carbocycles. The van der Waals surface area contributed by atoms with Crippen molar-refractivity contribution in [2.45, 2.75) is 0 Å². The number of hydrogen-bond donors (Lipinski definition) is 0. The van der Waals surface area contributed by atoms with E-state index in [-0.39, 0.29) is 0 Å². The Balaban J connectivity index is 1.62. The molecule has 7 heteroatoms. The van der Waals surface area contributed by atoms with E-state index < -0.39 is 0 Å². The number of fused-ring (bicyclic) bond motifs is 3. The first-order chi connectivity index (χ1) is 26.1. The summed E-state index contributed by atoms with van der Waals surface area (Å²) in [7, 11) is 0. The molecular formula is C46H23N7. The minimum atomic E-state index is 0.355. The van der Waals surface area contributed by atoms with E-state index in [9.17, 15) is 26.3 Å². The molecule has 2 aromatic heterocycles. The summed E-state index contributed by atoms with van der Waals surface area (Å²) in [4.78, 5) is 4.21. The summed E-state index contributed by atoms with van der Waals surface area (Å²) in [6.45, 7) is 0. The van der Waals surface area contributed by atoms with Crippen molar-refractivity contribution in [3.05, 3.63) is 168 Å². The second kappa shape index (κ2) is 13.2. The third-order valence-electron chi connectivity index (χ3n) is 9.50. The Morgan fingerprint density at radius 3 is 1.42 bits per heavy atom. The number of nitriles is 5. The van der Waals surface area contributed by atoms with Gasteiger partial charge in [0.1, 0.15) is 0 Å². The van der Waals surface area contributed by atoms with Gasteiger partial charge in [-0.1, -0.05) is 78.9 Å². The lowest BCUT2D eigenvalue weighted by atomic mass is 9.93. The van der Waals surface area contributed by atoms with Crippen LogP contribution in [0.25, 0.3) is 72.0 Å². The van der Waals surface area contributed by atoms with E-state index in [0.717, 1.165) is 55.3 Å². The maximum atomic E-state index is 10.5. The fourth-order valence-corrected chi connectivity index (χ4v) is 7.16. The average Bonchev–Trinajstić information content (AvgIpc) is 3.58. The number of aromatic nitrogens is 2. The first kappa shape index (κ1) is 32.0. The molecule has 0 atom stereocenters. The third kappa shape index (κ3) is 5.31. The summed E-state index contributed by atoms with van der Waals surface area (Å²) in [6.07, 6.45) is 3.39. The molecule has 53 heavy (non-hydrogen) atoms. The van der Waals surface area contributed by atoms with Crippen LogP contribution in [0.3, 0.4) is 0 Å². The SMILES string of the molecule is N#Cc1ccc(-c2cccc3c4cccc(-c5ccc(C#N)cc5C#N)c4n(-c4cc(-c5ccncc5)c(C#N)cc4-c4ccccc4)c23)c(C#N)c1. The number of para-hydroxylation sites is 2. The van der Waals surface area contributed by atoms with Gasteiger partial charge in [-0.05, 0) is 59.7 Å².